The van der Waals surface area contributed by atoms with Gasteiger partial charge in [0, 0.05) is 48.6 Å². The molecule has 0 saturated carbocycles. The monoisotopic (exact) mass is 532 g/mol. The summed E-state index contributed by atoms with van der Waals surface area (Å²) in [5.41, 5.74) is 4.56. The summed E-state index contributed by atoms with van der Waals surface area (Å²) in [6.45, 7) is 5.63. The van der Waals surface area contributed by atoms with Crippen molar-refractivity contribution in [3.05, 3.63) is 82.2 Å². The Kier molecular flexibility index (Phi) is 8.43. The Morgan fingerprint density at radius 3 is 2.28 bits per heavy atom. The van der Waals surface area contributed by atoms with Gasteiger partial charge in [0.2, 0.25) is 0 Å². The van der Waals surface area contributed by atoms with Crippen LogP contribution < -0.4 is 15.0 Å². The fourth-order valence-electron chi connectivity index (χ4n) is 5.58. The van der Waals surface area contributed by atoms with Gasteiger partial charge in [-0.2, -0.15) is 0 Å². The molecule has 206 valence electrons. The van der Waals surface area contributed by atoms with Crippen LogP contribution in [0.2, 0.25) is 0 Å². The van der Waals surface area contributed by atoms with Gasteiger partial charge >= 0.3 is 11.9 Å². The second-order valence-corrected chi connectivity index (χ2v) is 9.84. The van der Waals surface area contributed by atoms with E-state index in [1.807, 2.05) is 74.4 Å². The number of para-hydroxylation sites is 1. The molecule has 1 heterocycles. The van der Waals surface area contributed by atoms with Gasteiger partial charge in [-0.3, -0.25) is 9.59 Å². The number of ether oxygens (including phenoxy) is 3. The minimum atomic E-state index is -1.09. The van der Waals surface area contributed by atoms with Gasteiger partial charge < -0.3 is 24.4 Å². The van der Waals surface area contributed by atoms with E-state index >= 15 is 0 Å². The van der Waals surface area contributed by atoms with Gasteiger partial charge in [-0.05, 0) is 56.5 Å². The fraction of sp³-hybridized carbons (Fsp3) is 0.387. The molecule has 1 N–H and O–H groups in total. The standard InChI is InChI=1S/C31H36N2O6/c1-7-38-30(35)25-18(3)32-23-17-22(21-11-9-10-12-24(21)37-6)27(31(36)39-8-2)29(34)28(23)26(25)19-13-15-20(16-14-19)33(4)5/h9-16,22,26-27,32H,7-8,17H2,1-6H3/t22-,26-,27-/m1/s1. The Hall–Kier alpha value is -4.07. The van der Waals surface area contributed by atoms with E-state index in [4.69, 9.17) is 14.2 Å². The molecule has 39 heavy (non-hydrogen) atoms. The lowest BCUT2D eigenvalue weighted by Crippen LogP contribution is -2.43. The largest absolute Gasteiger partial charge is 0.496 e. The predicted molar refractivity (Wildman–Crippen MR) is 148 cm³/mol. The summed E-state index contributed by atoms with van der Waals surface area (Å²) >= 11 is 0. The Morgan fingerprint density at radius 1 is 1.00 bits per heavy atom. The highest BCUT2D eigenvalue weighted by Crippen LogP contribution is 2.49. The van der Waals surface area contributed by atoms with Crippen LogP contribution in [0.5, 0.6) is 5.75 Å². The molecule has 2 aliphatic rings. The second kappa shape index (κ2) is 11.8. The lowest BCUT2D eigenvalue weighted by atomic mass is 9.67. The number of rotatable bonds is 8. The van der Waals surface area contributed by atoms with Crippen molar-refractivity contribution < 1.29 is 28.6 Å². The Labute approximate surface area is 229 Å². The van der Waals surface area contributed by atoms with E-state index in [0.717, 1.165) is 16.8 Å². The van der Waals surface area contributed by atoms with Crippen LogP contribution in [-0.4, -0.2) is 52.1 Å². The first-order valence-electron chi connectivity index (χ1n) is 13.2. The first-order chi connectivity index (χ1) is 18.7. The molecule has 2 aromatic carbocycles. The maximum absolute atomic E-state index is 14.4. The van der Waals surface area contributed by atoms with E-state index in [2.05, 4.69) is 5.32 Å². The quantitative estimate of drug-likeness (QED) is 0.393. The zero-order chi connectivity index (χ0) is 28.3. The molecule has 2 aromatic rings. The van der Waals surface area contributed by atoms with E-state index in [9.17, 15) is 14.4 Å². The van der Waals surface area contributed by atoms with Crippen LogP contribution in [0.25, 0.3) is 0 Å². The van der Waals surface area contributed by atoms with E-state index in [0.29, 0.717) is 34.7 Å². The molecule has 0 radical (unpaired) electrons. The minimum absolute atomic E-state index is 0.147. The van der Waals surface area contributed by atoms with Gasteiger partial charge in [-0.25, -0.2) is 4.79 Å². The highest BCUT2D eigenvalue weighted by Gasteiger charge is 2.49. The second-order valence-electron chi connectivity index (χ2n) is 9.84. The summed E-state index contributed by atoms with van der Waals surface area (Å²) in [4.78, 5) is 43.0. The van der Waals surface area contributed by atoms with Crippen molar-refractivity contribution in [3.63, 3.8) is 0 Å². The molecule has 0 unspecified atom stereocenters. The average Bonchev–Trinajstić information content (AvgIpc) is 2.92. The summed E-state index contributed by atoms with van der Waals surface area (Å²) < 4.78 is 16.4. The van der Waals surface area contributed by atoms with E-state index < -0.39 is 29.7 Å². The Morgan fingerprint density at radius 2 is 1.67 bits per heavy atom. The van der Waals surface area contributed by atoms with E-state index in [1.54, 1.807) is 21.0 Å². The van der Waals surface area contributed by atoms with Crippen molar-refractivity contribution in [2.24, 2.45) is 5.92 Å². The molecule has 8 nitrogen and oxygen atoms in total. The van der Waals surface area contributed by atoms with Crippen LogP contribution >= 0.6 is 0 Å². The predicted octanol–water partition coefficient (Wildman–Crippen LogP) is 4.48. The molecule has 1 aliphatic heterocycles. The zero-order valence-electron chi connectivity index (χ0n) is 23.4. The third-order valence-corrected chi connectivity index (χ3v) is 7.34. The SMILES string of the molecule is CCOC(=O)C1=C(C)NC2=C(C(=O)[C@H](C(=O)OCC)[C@@H](c3ccccc3OC)C2)[C@@H]1c1ccc(N(C)C)cc1. The third kappa shape index (κ3) is 5.28. The molecule has 0 fully saturated rings. The number of benzene rings is 2. The molecule has 0 bridgehead atoms. The summed E-state index contributed by atoms with van der Waals surface area (Å²) in [5, 5.41) is 3.33. The smallest absolute Gasteiger partial charge is 0.336 e. The lowest BCUT2D eigenvalue weighted by Gasteiger charge is -2.39. The lowest BCUT2D eigenvalue weighted by molar-refractivity contribution is -0.152. The number of hydrogen-bond acceptors (Lipinski definition) is 8. The first kappa shape index (κ1) is 28.0. The summed E-state index contributed by atoms with van der Waals surface area (Å²) in [5.74, 6) is -3.15. The van der Waals surface area contributed by atoms with Crippen LogP contribution in [0.1, 0.15) is 50.2 Å². The van der Waals surface area contributed by atoms with Crippen LogP contribution in [0.3, 0.4) is 0 Å². The summed E-state index contributed by atoms with van der Waals surface area (Å²) in [6.07, 6.45) is 0.366. The van der Waals surface area contributed by atoms with E-state index in [1.165, 1.54) is 0 Å². The highest BCUT2D eigenvalue weighted by atomic mass is 16.5. The number of esters is 2. The van der Waals surface area contributed by atoms with Gasteiger partial charge in [0.15, 0.2) is 5.78 Å². The number of Topliss-reactive ketones (excluding diaryl/α,β-unsaturated/α-hetero) is 1. The van der Waals surface area contributed by atoms with E-state index in [-0.39, 0.29) is 19.0 Å². The molecule has 0 saturated heterocycles. The number of nitrogens with zero attached hydrogens (tertiary/aromatic N) is 1. The normalized spacial score (nSPS) is 20.7. The van der Waals surface area contributed by atoms with Crippen LogP contribution in [0.15, 0.2) is 71.1 Å². The Balaban J connectivity index is 1.91. The summed E-state index contributed by atoms with van der Waals surface area (Å²) in [6, 6.07) is 15.1. The van der Waals surface area contributed by atoms with Gasteiger partial charge in [-0.1, -0.05) is 30.3 Å². The number of carbonyl (C=O) groups excluding carboxylic acids is 3. The molecule has 4 rings (SSSR count). The van der Waals surface area contributed by atoms with Gasteiger partial charge in [0.05, 0.1) is 25.9 Å². The van der Waals surface area contributed by atoms with Crippen molar-refractivity contribution >= 4 is 23.4 Å². The van der Waals surface area contributed by atoms with Crippen LogP contribution in [0, 0.1) is 5.92 Å². The maximum Gasteiger partial charge on any atom is 0.336 e. The number of ketones is 1. The molecular weight excluding hydrogens is 496 g/mol. The number of allylic oxidation sites excluding steroid dienone is 3. The molecule has 8 heteroatoms. The fourth-order valence-corrected chi connectivity index (χ4v) is 5.58. The van der Waals surface area contributed by atoms with Crippen molar-refractivity contribution in [2.75, 3.05) is 39.3 Å². The summed E-state index contributed by atoms with van der Waals surface area (Å²) in [7, 11) is 5.46. The van der Waals surface area contributed by atoms with Crippen LogP contribution in [-0.2, 0) is 23.9 Å². The van der Waals surface area contributed by atoms with Gasteiger partial charge in [0.25, 0.3) is 0 Å². The highest BCUT2D eigenvalue weighted by molar-refractivity contribution is 6.13. The molecule has 0 amide bonds. The minimum Gasteiger partial charge on any atom is -0.496 e. The molecule has 1 aliphatic carbocycles. The number of dihydropyridines is 1. The molecule has 3 atom stereocenters. The topological polar surface area (TPSA) is 94.2 Å². The molecule has 0 spiro atoms. The number of methoxy groups -OCH3 is 1. The number of carbonyl (C=O) groups is 3. The first-order valence-corrected chi connectivity index (χ1v) is 13.2. The van der Waals surface area contributed by atoms with Crippen molar-refractivity contribution in [1.82, 2.24) is 5.32 Å². The number of nitrogens with one attached hydrogen (secondary N) is 1. The third-order valence-electron chi connectivity index (χ3n) is 7.34. The number of hydrogen-bond donors (Lipinski definition) is 1. The van der Waals surface area contributed by atoms with Crippen molar-refractivity contribution in [1.29, 1.82) is 0 Å². The van der Waals surface area contributed by atoms with Crippen molar-refractivity contribution in [2.45, 2.75) is 39.0 Å². The average molecular weight is 533 g/mol. The van der Waals surface area contributed by atoms with Gasteiger partial charge in [0.1, 0.15) is 11.7 Å². The van der Waals surface area contributed by atoms with Crippen LogP contribution in [0.4, 0.5) is 5.69 Å². The van der Waals surface area contributed by atoms with Crippen molar-refractivity contribution in [3.8, 4) is 5.75 Å². The molecular formula is C31H36N2O6. The Bertz CT molecular complexity index is 1320. The zero-order valence-corrected chi connectivity index (χ0v) is 23.4. The van der Waals surface area contributed by atoms with Gasteiger partial charge in [-0.15, -0.1) is 0 Å². The number of anilines is 1. The maximum atomic E-state index is 14.4. The molecule has 0 aromatic heterocycles.